The number of hydrogen-bond acceptors (Lipinski definition) is 0. The van der Waals surface area contributed by atoms with Gasteiger partial charge in [0.1, 0.15) is 0 Å². The molecule has 0 aliphatic heterocycles. The van der Waals surface area contributed by atoms with Crippen LogP contribution in [0.25, 0.3) is 6.08 Å². The molecule has 1 rings (SSSR count). The predicted octanol–water partition coefficient (Wildman–Crippen LogP) is 1.53. The zero-order chi connectivity index (χ0) is 5.82. The Kier molecular flexibility index (Phi) is 10.1. The summed E-state index contributed by atoms with van der Waals surface area (Å²) >= 11 is 0. The molecule has 1 aromatic carbocycles. The number of benzene rings is 1. The Labute approximate surface area is 98.8 Å². The Morgan fingerprint density at radius 3 is 1.90 bits per heavy atom. The summed E-state index contributed by atoms with van der Waals surface area (Å²) in [5.74, 6) is 0. The van der Waals surface area contributed by atoms with Crippen molar-refractivity contribution in [2.24, 2.45) is 0 Å². The van der Waals surface area contributed by atoms with Gasteiger partial charge in [0.25, 0.3) is 0 Å². The van der Waals surface area contributed by atoms with Crippen LogP contribution in [0.3, 0.4) is 0 Å². The third-order valence-corrected chi connectivity index (χ3v) is 1.04. The quantitative estimate of drug-likeness (QED) is 0.575. The average Bonchev–Trinajstić information content (AvgIpc) is 1.90. The van der Waals surface area contributed by atoms with Gasteiger partial charge in [-0.2, -0.15) is 13.5 Å². The predicted molar refractivity (Wildman–Crippen MR) is 55.5 cm³/mol. The van der Waals surface area contributed by atoms with Crippen LogP contribution in [0.2, 0.25) is 0 Å². The molecule has 0 unspecified atom stereocenters. The second-order valence-corrected chi connectivity index (χ2v) is 1.61. The molecule has 0 amide bonds. The van der Waals surface area contributed by atoms with Crippen LogP contribution in [-0.2, 0) is 0 Å². The average molecular weight is 180 g/mol. The van der Waals surface area contributed by atoms with Crippen LogP contribution >= 0.6 is 13.5 Å². The minimum atomic E-state index is 0. The van der Waals surface area contributed by atoms with Gasteiger partial charge in [-0.25, -0.2) is 0 Å². The molecule has 0 heterocycles. The normalized spacial score (nSPS) is 6.80. The monoisotopic (exact) mass is 180 g/mol. The van der Waals surface area contributed by atoms with Gasteiger partial charge in [-0.05, 0) is 5.56 Å². The Morgan fingerprint density at radius 2 is 1.60 bits per heavy atom. The van der Waals surface area contributed by atoms with Crippen LogP contribution in [0.5, 0.6) is 0 Å². The summed E-state index contributed by atoms with van der Waals surface area (Å²) < 4.78 is 0. The molecule has 1 aromatic rings. The molecule has 0 radical (unpaired) electrons. The van der Waals surface area contributed by atoms with E-state index in [1.54, 1.807) is 0 Å². The zero-order valence-corrected chi connectivity index (χ0v) is 6.17. The minimum absolute atomic E-state index is 0. The van der Waals surface area contributed by atoms with Crippen LogP contribution in [0.4, 0.5) is 0 Å². The van der Waals surface area contributed by atoms with Crippen molar-refractivity contribution in [2.75, 3.05) is 0 Å². The van der Waals surface area contributed by atoms with Gasteiger partial charge in [-0.15, -0.1) is 0 Å². The van der Waals surface area contributed by atoms with Crippen LogP contribution in [-0.4, -0.2) is 37.7 Å². The molecule has 0 spiro atoms. The van der Waals surface area contributed by atoms with E-state index >= 15 is 0 Å². The first-order chi connectivity index (χ1) is 3.93. The molecule has 0 aromatic heterocycles. The Balaban J connectivity index is 0. The van der Waals surface area contributed by atoms with Gasteiger partial charge in [-0.3, -0.25) is 0 Å². The molecule has 52 valence electrons. The summed E-state index contributed by atoms with van der Waals surface area (Å²) in [4.78, 5) is 0. The van der Waals surface area contributed by atoms with E-state index in [2.05, 4.69) is 6.58 Å². The van der Waals surface area contributed by atoms with Gasteiger partial charge >= 0.3 is 37.7 Å². The first-order valence-corrected chi connectivity index (χ1v) is 2.61. The Morgan fingerprint density at radius 1 is 1.10 bits per heavy atom. The molecule has 10 heavy (non-hydrogen) atoms. The van der Waals surface area contributed by atoms with Gasteiger partial charge in [0, 0.05) is 0 Å². The maximum absolute atomic E-state index is 3.63. The summed E-state index contributed by atoms with van der Waals surface area (Å²) in [5, 5.41) is 0. The van der Waals surface area contributed by atoms with E-state index in [1.165, 1.54) is 5.56 Å². The Hall–Kier alpha value is 0.570. The van der Waals surface area contributed by atoms with Crippen molar-refractivity contribution in [3.8, 4) is 0 Å². The number of rotatable bonds is 1. The number of hydrogen-bond donors (Lipinski definition) is 0. The molecule has 0 nitrogen and oxygen atoms in total. The van der Waals surface area contributed by atoms with Crippen molar-refractivity contribution in [1.82, 2.24) is 0 Å². The molecule has 0 bridgehead atoms. The first-order valence-electron chi connectivity index (χ1n) is 2.61. The molecule has 0 aliphatic rings. The fourth-order valence-electron chi connectivity index (χ4n) is 0.589. The van der Waals surface area contributed by atoms with Gasteiger partial charge in [0.2, 0.25) is 0 Å². The molecule has 0 fully saturated rings. The first kappa shape index (κ1) is 13.2. The van der Waals surface area contributed by atoms with E-state index in [4.69, 9.17) is 0 Å². The molecule has 0 aliphatic carbocycles. The molecule has 2 heteroatoms. The summed E-state index contributed by atoms with van der Waals surface area (Å²) in [5.41, 5.74) is 1.17. The third kappa shape index (κ3) is 4.40. The van der Waals surface area contributed by atoms with Gasteiger partial charge in [-0.1, -0.05) is 43.0 Å². The second kappa shape index (κ2) is 7.67. The van der Waals surface area contributed by atoms with Crippen molar-refractivity contribution in [2.45, 2.75) is 0 Å². The summed E-state index contributed by atoms with van der Waals surface area (Å²) in [6.45, 7) is 3.63. The second-order valence-electron chi connectivity index (χ2n) is 1.61. The fraction of sp³-hybridized carbons (Fsp3) is 0. The molecular formula is C8H12CaS. The topological polar surface area (TPSA) is 0 Å². The van der Waals surface area contributed by atoms with Crippen molar-refractivity contribution >= 4 is 57.3 Å². The van der Waals surface area contributed by atoms with Crippen molar-refractivity contribution in [3.63, 3.8) is 0 Å². The van der Waals surface area contributed by atoms with Crippen LogP contribution < -0.4 is 0 Å². The molecule has 0 N–H and O–H groups in total. The van der Waals surface area contributed by atoms with Crippen molar-refractivity contribution < 1.29 is 0 Å². The zero-order valence-electron chi connectivity index (χ0n) is 5.17. The van der Waals surface area contributed by atoms with E-state index < -0.39 is 0 Å². The standard InChI is InChI=1S/C8H8.Ca.H2S.2H/c1-2-8-6-4-3-5-7-8;;;;/h2-7H,1H2;;1H2;;. The van der Waals surface area contributed by atoms with Crippen LogP contribution in [0.1, 0.15) is 5.56 Å². The van der Waals surface area contributed by atoms with E-state index in [0.29, 0.717) is 0 Å². The molecular weight excluding hydrogens is 168 g/mol. The maximum atomic E-state index is 3.63. The Bertz CT molecular complexity index is 172. The van der Waals surface area contributed by atoms with Gasteiger partial charge < -0.3 is 0 Å². The van der Waals surface area contributed by atoms with Gasteiger partial charge in [0.05, 0.1) is 0 Å². The molecule has 0 atom stereocenters. The van der Waals surface area contributed by atoms with Crippen molar-refractivity contribution in [3.05, 3.63) is 42.5 Å². The summed E-state index contributed by atoms with van der Waals surface area (Å²) in [6.07, 6.45) is 1.83. The van der Waals surface area contributed by atoms with E-state index in [0.717, 1.165) is 0 Å². The third-order valence-electron chi connectivity index (χ3n) is 1.04. The molecule has 0 saturated heterocycles. The van der Waals surface area contributed by atoms with E-state index in [1.807, 2.05) is 36.4 Å². The SMILES string of the molecule is C=Cc1ccccc1.S.[CaH2]. The van der Waals surface area contributed by atoms with Crippen LogP contribution in [0.15, 0.2) is 36.9 Å². The van der Waals surface area contributed by atoms with E-state index in [9.17, 15) is 0 Å². The van der Waals surface area contributed by atoms with E-state index in [-0.39, 0.29) is 51.2 Å². The fourth-order valence-corrected chi connectivity index (χ4v) is 0.589. The van der Waals surface area contributed by atoms with Crippen LogP contribution in [0, 0.1) is 0 Å². The molecule has 0 saturated carbocycles. The summed E-state index contributed by atoms with van der Waals surface area (Å²) in [7, 11) is 0. The summed E-state index contributed by atoms with van der Waals surface area (Å²) in [6, 6.07) is 10.0. The van der Waals surface area contributed by atoms with Crippen molar-refractivity contribution in [1.29, 1.82) is 0 Å². The van der Waals surface area contributed by atoms with Gasteiger partial charge in [0.15, 0.2) is 0 Å².